The highest BCUT2D eigenvalue weighted by molar-refractivity contribution is 6.00. The van der Waals surface area contributed by atoms with Gasteiger partial charge in [-0.2, -0.15) is 0 Å². The van der Waals surface area contributed by atoms with E-state index >= 15 is 0 Å². The lowest BCUT2D eigenvalue weighted by molar-refractivity contribution is -0.124. The molecule has 3 heterocycles. The highest BCUT2D eigenvalue weighted by Crippen LogP contribution is 2.33. The van der Waals surface area contributed by atoms with Crippen LogP contribution in [0.25, 0.3) is 11.0 Å². The number of rotatable bonds is 3. The predicted octanol–water partition coefficient (Wildman–Crippen LogP) is 4.37. The molecule has 12 nitrogen and oxygen atoms in total. The summed E-state index contributed by atoms with van der Waals surface area (Å²) in [6.07, 6.45) is 0.961. The van der Waals surface area contributed by atoms with Gasteiger partial charge >= 0.3 is 0 Å². The van der Waals surface area contributed by atoms with Crippen LogP contribution < -0.4 is 20.1 Å². The topological polar surface area (TPSA) is 143 Å². The van der Waals surface area contributed by atoms with Crippen LogP contribution in [0.1, 0.15) is 68.1 Å². The maximum atomic E-state index is 14.1. The van der Waals surface area contributed by atoms with Crippen LogP contribution in [-0.2, 0) is 4.79 Å². The van der Waals surface area contributed by atoms with Gasteiger partial charge in [-0.05, 0) is 87.7 Å². The molecule has 0 aliphatic carbocycles. The number of aromatic nitrogens is 2. The maximum absolute atomic E-state index is 14.1. The van der Waals surface area contributed by atoms with Gasteiger partial charge in [-0.25, -0.2) is 18.7 Å². The molecule has 0 saturated carbocycles. The SMILES string of the molecule is COc1ccc2cc1O[C@H]1C[C@@H](C(=O)NCCCCN(C(=O)c3ccc(F)c(F)c3)CCCNC2=O)N(C(=O)c2ccc3nc(C)c(C)nc3c2)C1. The van der Waals surface area contributed by atoms with Crippen LogP contribution in [0.3, 0.4) is 0 Å². The molecule has 6 rings (SSSR count). The van der Waals surface area contributed by atoms with E-state index in [-0.39, 0.29) is 68.2 Å². The van der Waals surface area contributed by atoms with Crippen LogP contribution in [0, 0.1) is 25.5 Å². The van der Waals surface area contributed by atoms with Gasteiger partial charge in [0.25, 0.3) is 17.7 Å². The number of fused-ring (bicyclic) bond motifs is 5. The highest BCUT2D eigenvalue weighted by atomic mass is 19.2. The molecule has 4 bridgehead atoms. The molecule has 2 aliphatic rings. The summed E-state index contributed by atoms with van der Waals surface area (Å²) in [5.41, 5.74) is 3.40. The number of methoxy groups -OCH3 is 1. The molecule has 272 valence electrons. The van der Waals surface area contributed by atoms with E-state index in [2.05, 4.69) is 20.6 Å². The van der Waals surface area contributed by atoms with E-state index < -0.39 is 29.7 Å². The second-order valence-electron chi connectivity index (χ2n) is 12.9. The standard InChI is InChI=1S/C38H40F2N6O6/c1-22-23(2)44-31-18-26(8-11-30(31)43-22)38(50)46-21-27-20-32(46)36(48)42-13-4-5-15-45(37(49)25-7-10-28(39)29(40)17-25)16-6-14-41-35(47)24-9-12-33(51-3)34(19-24)52-27/h7-12,17-19,27,32H,4-6,13-16,20-21H2,1-3H3,(H,41,47)(H,42,48)/t27-,32-/m0/s1. The second-order valence-corrected chi connectivity index (χ2v) is 12.9. The Morgan fingerprint density at radius 2 is 1.54 bits per heavy atom. The van der Waals surface area contributed by atoms with E-state index in [4.69, 9.17) is 9.47 Å². The Morgan fingerprint density at radius 1 is 0.827 bits per heavy atom. The Hall–Kier alpha value is -5.66. The molecular weight excluding hydrogens is 674 g/mol. The van der Waals surface area contributed by atoms with Crippen molar-refractivity contribution >= 4 is 34.7 Å². The lowest BCUT2D eigenvalue weighted by atomic mass is 10.1. The van der Waals surface area contributed by atoms with Crippen LogP contribution in [0.2, 0.25) is 0 Å². The number of hydrogen-bond acceptors (Lipinski definition) is 8. The molecule has 2 aliphatic heterocycles. The first kappa shape index (κ1) is 36.1. The first-order valence-corrected chi connectivity index (χ1v) is 17.2. The number of carbonyl (C=O) groups excluding carboxylic acids is 4. The van der Waals surface area contributed by atoms with E-state index in [0.717, 1.165) is 23.5 Å². The minimum Gasteiger partial charge on any atom is -0.493 e. The van der Waals surface area contributed by atoms with Gasteiger partial charge in [0.15, 0.2) is 23.1 Å². The fourth-order valence-electron chi connectivity index (χ4n) is 6.43. The van der Waals surface area contributed by atoms with E-state index in [9.17, 15) is 28.0 Å². The molecular formula is C38H40F2N6O6. The molecule has 1 aromatic heterocycles. The number of nitrogens with zero attached hydrogens (tertiary/aromatic N) is 4. The molecule has 2 atom stereocenters. The fraction of sp³-hybridized carbons (Fsp3) is 0.368. The summed E-state index contributed by atoms with van der Waals surface area (Å²) in [5, 5.41) is 5.80. The molecule has 3 aromatic carbocycles. The van der Waals surface area contributed by atoms with Crippen LogP contribution >= 0.6 is 0 Å². The quantitative estimate of drug-likeness (QED) is 0.319. The van der Waals surface area contributed by atoms with Crippen LogP contribution in [0.15, 0.2) is 54.6 Å². The Bertz CT molecular complexity index is 2030. The van der Waals surface area contributed by atoms with Crippen LogP contribution in [0.4, 0.5) is 8.78 Å². The molecule has 1 fully saturated rings. The summed E-state index contributed by atoms with van der Waals surface area (Å²) in [6.45, 7) is 4.82. The van der Waals surface area contributed by atoms with Crippen molar-refractivity contribution in [2.75, 3.05) is 39.8 Å². The molecule has 2 N–H and O–H groups in total. The predicted molar refractivity (Wildman–Crippen MR) is 187 cm³/mol. The third kappa shape index (κ3) is 7.95. The normalized spacial score (nSPS) is 18.8. The Labute approximate surface area is 299 Å². The van der Waals surface area contributed by atoms with Gasteiger partial charge in [-0.15, -0.1) is 0 Å². The number of carbonyl (C=O) groups is 4. The van der Waals surface area contributed by atoms with Gasteiger partial charge in [0.1, 0.15) is 12.1 Å². The minimum atomic E-state index is -1.12. The number of likely N-dealkylation sites (tertiary alicyclic amines) is 1. The third-order valence-corrected chi connectivity index (χ3v) is 9.37. The first-order chi connectivity index (χ1) is 25.0. The van der Waals surface area contributed by atoms with E-state index in [1.165, 1.54) is 23.0 Å². The molecule has 14 heteroatoms. The van der Waals surface area contributed by atoms with Gasteiger partial charge in [0.05, 0.1) is 36.1 Å². The van der Waals surface area contributed by atoms with Crippen LogP contribution in [0.5, 0.6) is 11.5 Å². The summed E-state index contributed by atoms with van der Waals surface area (Å²) in [7, 11) is 1.48. The van der Waals surface area contributed by atoms with Gasteiger partial charge in [-0.3, -0.25) is 19.2 Å². The van der Waals surface area contributed by atoms with Crippen molar-refractivity contribution in [3.8, 4) is 11.5 Å². The molecule has 0 spiro atoms. The highest BCUT2D eigenvalue weighted by Gasteiger charge is 2.41. The average Bonchev–Trinajstić information content (AvgIpc) is 3.56. The number of halogens is 2. The summed E-state index contributed by atoms with van der Waals surface area (Å²) in [4.78, 5) is 66.4. The third-order valence-electron chi connectivity index (χ3n) is 9.37. The zero-order chi connectivity index (χ0) is 36.9. The van der Waals surface area contributed by atoms with Crippen molar-refractivity contribution in [2.24, 2.45) is 0 Å². The summed E-state index contributed by atoms with van der Waals surface area (Å²) in [5.74, 6) is -3.12. The second kappa shape index (κ2) is 15.7. The smallest absolute Gasteiger partial charge is 0.254 e. The summed E-state index contributed by atoms with van der Waals surface area (Å²) >= 11 is 0. The zero-order valence-corrected chi connectivity index (χ0v) is 29.2. The van der Waals surface area contributed by atoms with E-state index in [1.807, 2.05) is 13.8 Å². The number of ether oxygens (including phenoxy) is 2. The largest absolute Gasteiger partial charge is 0.493 e. The lowest BCUT2D eigenvalue weighted by Crippen LogP contribution is -2.46. The van der Waals surface area contributed by atoms with E-state index in [1.54, 1.807) is 36.4 Å². The van der Waals surface area contributed by atoms with E-state index in [0.29, 0.717) is 47.2 Å². The van der Waals surface area contributed by atoms with Crippen molar-refractivity contribution in [3.05, 3.63) is 94.3 Å². The van der Waals surface area contributed by atoms with Crippen molar-refractivity contribution in [1.82, 2.24) is 30.4 Å². The summed E-state index contributed by atoms with van der Waals surface area (Å²) < 4.78 is 39.4. The van der Waals surface area contributed by atoms with Gasteiger partial charge in [0, 0.05) is 49.3 Å². The number of benzene rings is 3. The fourth-order valence-corrected chi connectivity index (χ4v) is 6.43. The van der Waals surface area contributed by atoms with Gasteiger partial charge in [0.2, 0.25) is 5.91 Å². The molecule has 4 aromatic rings. The number of aryl methyl sites for hydroxylation is 2. The molecule has 1 saturated heterocycles. The number of nitrogens with one attached hydrogen (secondary N) is 2. The summed E-state index contributed by atoms with van der Waals surface area (Å²) in [6, 6.07) is 12.0. The minimum absolute atomic E-state index is 0.00430. The maximum Gasteiger partial charge on any atom is 0.254 e. The van der Waals surface area contributed by atoms with Crippen LogP contribution in [-0.4, -0.2) is 95.4 Å². The monoisotopic (exact) mass is 714 g/mol. The lowest BCUT2D eigenvalue weighted by Gasteiger charge is -2.25. The van der Waals surface area contributed by atoms with Crippen molar-refractivity contribution in [2.45, 2.75) is 51.7 Å². The Kier molecular flexibility index (Phi) is 10.9. The van der Waals surface area contributed by atoms with Crippen molar-refractivity contribution < 1.29 is 37.4 Å². The first-order valence-electron chi connectivity index (χ1n) is 17.2. The zero-order valence-electron chi connectivity index (χ0n) is 29.2. The molecule has 52 heavy (non-hydrogen) atoms. The number of hydrogen-bond donors (Lipinski definition) is 2. The molecule has 0 unspecified atom stereocenters. The molecule has 0 radical (unpaired) electrons. The van der Waals surface area contributed by atoms with Gasteiger partial charge < -0.3 is 29.9 Å². The Balaban J connectivity index is 1.26. The van der Waals surface area contributed by atoms with Crippen molar-refractivity contribution in [1.29, 1.82) is 0 Å². The van der Waals surface area contributed by atoms with Crippen molar-refractivity contribution in [3.63, 3.8) is 0 Å². The Morgan fingerprint density at radius 3 is 2.31 bits per heavy atom. The molecule has 4 amide bonds. The number of amides is 4. The average molecular weight is 715 g/mol. The van der Waals surface area contributed by atoms with Gasteiger partial charge in [-0.1, -0.05) is 0 Å².